The van der Waals surface area contributed by atoms with Gasteiger partial charge in [-0.15, -0.1) is 12.4 Å². The maximum absolute atomic E-state index is 13.7. The number of piperidine rings is 1. The van der Waals surface area contributed by atoms with Gasteiger partial charge < -0.3 is 15.1 Å². The van der Waals surface area contributed by atoms with Crippen LogP contribution in [0.3, 0.4) is 0 Å². The van der Waals surface area contributed by atoms with E-state index in [-0.39, 0.29) is 36.2 Å². The maximum Gasteiger partial charge on any atom is 0.253 e. The molecule has 4 aliphatic rings. The smallest absolute Gasteiger partial charge is 0.253 e. The molecule has 1 aliphatic carbocycles. The summed E-state index contributed by atoms with van der Waals surface area (Å²) >= 11 is 0. The number of nitrogens with zero attached hydrogens (tertiary/aromatic N) is 3. The summed E-state index contributed by atoms with van der Waals surface area (Å²) in [6.45, 7) is 6.91. The number of piperazine rings is 1. The number of carbonyl (C=O) groups excluding carboxylic acids is 3. The second kappa shape index (κ2) is 13.5. The van der Waals surface area contributed by atoms with Gasteiger partial charge in [0.1, 0.15) is 11.6 Å². The summed E-state index contributed by atoms with van der Waals surface area (Å²) in [7, 11) is 0. The van der Waals surface area contributed by atoms with Crippen LogP contribution in [0.2, 0.25) is 0 Å². The van der Waals surface area contributed by atoms with E-state index in [0.717, 1.165) is 70.4 Å². The van der Waals surface area contributed by atoms with Crippen LogP contribution >= 0.6 is 12.4 Å². The average molecular weight is 559 g/mol. The number of halogens is 1. The van der Waals surface area contributed by atoms with Crippen molar-refractivity contribution in [1.82, 2.24) is 20.0 Å². The Morgan fingerprint density at radius 1 is 0.949 bits per heavy atom. The monoisotopic (exact) mass is 558 g/mol. The van der Waals surface area contributed by atoms with Crippen LogP contribution in [0.1, 0.15) is 99.9 Å². The molecule has 0 unspecified atom stereocenters. The molecule has 1 N–H and O–H groups in total. The zero-order valence-electron chi connectivity index (χ0n) is 23.7. The van der Waals surface area contributed by atoms with Crippen LogP contribution in [0.4, 0.5) is 0 Å². The third-order valence-electron chi connectivity index (χ3n) is 9.52. The van der Waals surface area contributed by atoms with Gasteiger partial charge in [0, 0.05) is 44.8 Å². The zero-order valence-corrected chi connectivity index (χ0v) is 24.5. The molecular formula is C31H47ClN4O3. The van der Waals surface area contributed by atoms with Crippen molar-refractivity contribution in [3.05, 3.63) is 35.4 Å². The lowest BCUT2D eigenvalue weighted by Crippen LogP contribution is -2.73. The van der Waals surface area contributed by atoms with Crippen LogP contribution in [0.15, 0.2) is 24.3 Å². The molecule has 39 heavy (non-hydrogen) atoms. The van der Waals surface area contributed by atoms with Crippen LogP contribution in [-0.2, 0) is 16.1 Å². The van der Waals surface area contributed by atoms with Gasteiger partial charge in [-0.1, -0.05) is 57.6 Å². The summed E-state index contributed by atoms with van der Waals surface area (Å²) in [5.41, 5.74) is 1.23. The molecule has 1 spiro atoms. The highest BCUT2D eigenvalue weighted by Crippen LogP contribution is 2.36. The third kappa shape index (κ3) is 6.62. The van der Waals surface area contributed by atoms with Crippen molar-refractivity contribution in [2.45, 2.75) is 102 Å². The summed E-state index contributed by atoms with van der Waals surface area (Å²) in [5.74, 6) is 0.906. The van der Waals surface area contributed by atoms with Gasteiger partial charge in [0.2, 0.25) is 11.8 Å². The molecule has 8 heteroatoms. The fraction of sp³-hybridized carbons (Fsp3) is 0.710. The molecule has 3 aliphatic heterocycles. The first-order chi connectivity index (χ1) is 18.5. The van der Waals surface area contributed by atoms with Crippen molar-refractivity contribution in [1.29, 1.82) is 0 Å². The highest BCUT2D eigenvalue weighted by atomic mass is 35.5. The second-order valence-electron chi connectivity index (χ2n) is 12.1. The van der Waals surface area contributed by atoms with E-state index in [1.54, 1.807) is 0 Å². The molecule has 0 radical (unpaired) electrons. The maximum atomic E-state index is 13.7. The SMILES string of the molecule is CCCCN1C(=O)[C@H](CC2CCCCC2)NC(=O)C12CCN(Cc1ccc(C(=O)N3CCCC3)cc1)CC2.Cl. The fourth-order valence-corrected chi connectivity index (χ4v) is 7.12. The number of benzene rings is 1. The molecule has 1 atom stereocenters. The van der Waals surface area contributed by atoms with Crippen LogP contribution < -0.4 is 5.32 Å². The van der Waals surface area contributed by atoms with Gasteiger partial charge >= 0.3 is 0 Å². The Morgan fingerprint density at radius 3 is 2.26 bits per heavy atom. The Hall–Kier alpha value is -2.12. The second-order valence-corrected chi connectivity index (χ2v) is 12.1. The van der Waals surface area contributed by atoms with Gasteiger partial charge in [-0.3, -0.25) is 19.3 Å². The molecule has 3 heterocycles. The largest absolute Gasteiger partial charge is 0.342 e. The minimum atomic E-state index is -0.710. The number of amides is 3. The molecule has 7 nitrogen and oxygen atoms in total. The number of unbranched alkanes of at least 4 members (excludes halogenated alkanes) is 1. The summed E-state index contributed by atoms with van der Waals surface area (Å²) < 4.78 is 0. The van der Waals surface area contributed by atoms with E-state index in [4.69, 9.17) is 0 Å². The van der Waals surface area contributed by atoms with Crippen LogP contribution in [0.5, 0.6) is 0 Å². The molecule has 1 saturated carbocycles. The van der Waals surface area contributed by atoms with Crippen molar-refractivity contribution < 1.29 is 14.4 Å². The number of rotatable bonds is 8. The topological polar surface area (TPSA) is 73.0 Å². The van der Waals surface area contributed by atoms with Gasteiger partial charge in [-0.2, -0.15) is 0 Å². The van der Waals surface area contributed by atoms with Crippen molar-refractivity contribution in [3.8, 4) is 0 Å². The Kier molecular flexibility index (Phi) is 10.3. The first-order valence-corrected chi connectivity index (χ1v) is 15.2. The van der Waals surface area contributed by atoms with E-state index < -0.39 is 5.54 Å². The van der Waals surface area contributed by atoms with Crippen LogP contribution in [-0.4, -0.2) is 76.7 Å². The van der Waals surface area contributed by atoms with Crippen molar-refractivity contribution in [2.75, 3.05) is 32.7 Å². The Bertz CT molecular complexity index is 980. The predicted octanol–water partition coefficient (Wildman–Crippen LogP) is 4.78. The summed E-state index contributed by atoms with van der Waals surface area (Å²) in [4.78, 5) is 46.4. The van der Waals surface area contributed by atoms with Gasteiger partial charge in [0.15, 0.2) is 0 Å². The molecule has 4 fully saturated rings. The standard InChI is InChI=1S/C31H46N4O3.ClH/c1-2-3-19-35-29(37)27(22-24-9-5-4-6-10-24)32-30(38)31(35)15-20-33(21-16-31)23-25-11-13-26(14-12-25)28(36)34-17-7-8-18-34;/h11-14,24,27H,2-10,15-23H2,1H3,(H,32,38);1H/t27-;/m0./s1. The summed E-state index contributed by atoms with van der Waals surface area (Å²) in [5, 5.41) is 3.20. The van der Waals surface area contributed by atoms with Gasteiger partial charge in [0.25, 0.3) is 5.91 Å². The molecule has 0 aromatic heterocycles. The molecule has 3 amide bonds. The Labute approximate surface area is 240 Å². The van der Waals surface area contributed by atoms with Crippen molar-refractivity contribution in [2.24, 2.45) is 5.92 Å². The Morgan fingerprint density at radius 2 is 1.62 bits per heavy atom. The van der Waals surface area contributed by atoms with E-state index in [0.29, 0.717) is 25.3 Å². The number of carbonyl (C=O) groups is 3. The summed E-state index contributed by atoms with van der Waals surface area (Å²) in [6, 6.07) is 7.68. The number of hydrogen-bond acceptors (Lipinski definition) is 4. The van der Waals surface area contributed by atoms with Gasteiger partial charge in [0.05, 0.1) is 0 Å². The van der Waals surface area contributed by atoms with Crippen LogP contribution in [0.25, 0.3) is 0 Å². The first kappa shape index (κ1) is 29.9. The van der Waals surface area contributed by atoms with E-state index in [1.807, 2.05) is 21.9 Å². The highest BCUT2D eigenvalue weighted by Gasteiger charge is 2.53. The molecular weight excluding hydrogens is 512 g/mol. The molecule has 5 rings (SSSR count). The third-order valence-corrected chi connectivity index (χ3v) is 9.52. The average Bonchev–Trinajstić information content (AvgIpc) is 3.49. The lowest BCUT2D eigenvalue weighted by Gasteiger charge is -2.52. The minimum Gasteiger partial charge on any atom is -0.342 e. The predicted molar refractivity (Wildman–Crippen MR) is 156 cm³/mol. The minimum absolute atomic E-state index is 0. The van der Waals surface area contributed by atoms with E-state index in [2.05, 4.69) is 29.3 Å². The number of hydrogen-bond donors (Lipinski definition) is 1. The normalized spacial score (nSPS) is 24.1. The van der Waals surface area contributed by atoms with Gasteiger partial charge in [-0.25, -0.2) is 0 Å². The molecule has 3 saturated heterocycles. The van der Waals surface area contributed by atoms with E-state index in [9.17, 15) is 14.4 Å². The van der Waals surface area contributed by atoms with Crippen molar-refractivity contribution in [3.63, 3.8) is 0 Å². The number of nitrogens with one attached hydrogen (secondary N) is 1. The first-order valence-electron chi connectivity index (χ1n) is 15.2. The van der Waals surface area contributed by atoms with Gasteiger partial charge in [-0.05, 0) is 62.1 Å². The van der Waals surface area contributed by atoms with Crippen molar-refractivity contribution >= 4 is 30.1 Å². The molecule has 0 bridgehead atoms. The van der Waals surface area contributed by atoms with Crippen LogP contribution in [0, 0.1) is 5.92 Å². The number of likely N-dealkylation sites (tertiary alicyclic amines) is 2. The molecule has 216 valence electrons. The molecule has 1 aromatic carbocycles. The Balaban J connectivity index is 0.00000353. The quantitative estimate of drug-likeness (QED) is 0.498. The lowest BCUT2D eigenvalue weighted by molar-refractivity contribution is -0.162. The van der Waals surface area contributed by atoms with E-state index in [1.165, 1.54) is 37.7 Å². The zero-order chi connectivity index (χ0) is 26.5. The molecule has 1 aromatic rings. The summed E-state index contributed by atoms with van der Waals surface area (Å²) in [6.07, 6.45) is 12.4. The van der Waals surface area contributed by atoms with E-state index >= 15 is 0 Å². The highest BCUT2D eigenvalue weighted by molar-refractivity contribution is 6.00. The lowest BCUT2D eigenvalue weighted by atomic mass is 9.79. The fourth-order valence-electron chi connectivity index (χ4n) is 7.12.